The summed E-state index contributed by atoms with van der Waals surface area (Å²) in [4.78, 5) is 2.03. The van der Waals surface area contributed by atoms with Crippen molar-refractivity contribution in [1.82, 2.24) is 0 Å². The van der Waals surface area contributed by atoms with E-state index in [1.54, 1.807) is 0 Å². The fraction of sp³-hybridized carbons (Fsp3) is 0.222. The fourth-order valence-electron chi connectivity index (χ4n) is 2.69. The second-order valence-electron chi connectivity index (χ2n) is 5.42. The summed E-state index contributed by atoms with van der Waals surface area (Å²) in [5.74, 6) is 0.523. The van der Waals surface area contributed by atoms with Crippen LogP contribution < -0.4 is 4.90 Å². The molecule has 0 spiro atoms. The van der Waals surface area contributed by atoms with E-state index in [0.717, 1.165) is 17.8 Å². The van der Waals surface area contributed by atoms with Gasteiger partial charge < -0.3 is 4.90 Å². The van der Waals surface area contributed by atoms with Crippen molar-refractivity contribution in [3.8, 4) is 6.07 Å². The van der Waals surface area contributed by atoms with Gasteiger partial charge in [0.15, 0.2) is 0 Å². The van der Waals surface area contributed by atoms with Crippen LogP contribution in [0.5, 0.6) is 0 Å². The number of anilines is 1. The van der Waals surface area contributed by atoms with Crippen LogP contribution in [0.25, 0.3) is 0 Å². The van der Waals surface area contributed by atoms with Crippen LogP contribution in [-0.2, 0) is 13.0 Å². The van der Waals surface area contributed by atoms with Crippen molar-refractivity contribution >= 4 is 11.5 Å². The number of nitrogens with one attached hydrogen (secondary N) is 1. The monoisotopic (exact) mass is 275 g/mol. The lowest BCUT2D eigenvalue weighted by Gasteiger charge is -2.31. The Morgan fingerprint density at radius 2 is 1.76 bits per heavy atom. The first kappa shape index (κ1) is 13.4. The van der Waals surface area contributed by atoms with Gasteiger partial charge in [0.25, 0.3) is 0 Å². The van der Waals surface area contributed by atoms with Gasteiger partial charge in [-0.3, -0.25) is 5.41 Å². The van der Waals surface area contributed by atoms with E-state index in [1.807, 2.05) is 48.2 Å². The van der Waals surface area contributed by atoms with E-state index < -0.39 is 0 Å². The Morgan fingerprint density at radius 3 is 2.43 bits per heavy atom. The van der Waals surface area contributed by atoms with Crippen LogP contribution in [0.2, 0.25) is 0 Å². The number of nitrogens with zero attached hydrogens (tertiary/aromatic N) is 2. The zero-order chi connectivity index (χ0) is 14.8. The number of rotatable bonds is 2. The van der Waals surface area contributed by atoms with Gasteiger partial charge in [0.05, 0.1) is 12.0 Å². The Labute approximate surface area is 125 Å². The Balaban J connectivity index is 1.88. The quantitative estimate of drug-likeness (QED) is 0.905. The summed E-state index contributed by atoms with van der Waals surface area (Å²) in [5, 5.41) is 17.2. The van der Waals surface area contributed by atoms with Gasteiger partial charge in [-0.15, -0.1) is 0 Å². The largest absolute Gasteiger partial charge is 0.326 e. The molecule has 0 saturated carbocycles. The first-order chi connectivity index (χ1) is 10.2. The molecule has 1 N–H and O–H groups in total. The molecule has 1 heterocycles. The minimum Gasteiger partial charge on any atom is -0.326 e. The molecule has 1 atom stereocenters. The number of hydrogen-bond donors (Lipinski definition) is 1. The molecule has 0 fully saturated rings. The maximum Gasteiger partial charge on any atom is 0.105 e. The van der Waals surface area contributed by atoms with Crippen molar-refractivity contribution in [3.63, 3.8) is 0 Å². The molecular weight excluding hydrogens is 258 g/mol. The minimum absolute atomic E-state index is 0.0967. The maximum absolute atomic E-state index is 8.96. The lowest BCUT2D eigenvalue weighted by atomic mass is 9.97. The Morgan fingerprint density at radius 1 is 1.10 bits per heavy atom. The third-order valence-corrected chi connectivity index (χ3v) is 4.03. The predicted octanol–water partition coefficient (Wildman–Crippen LogP) is 3.85. The first-order valence-corrected chi connectivity index (χ1v) is 7.10. The molecule has 1 aliphatic heterocycles. The molecule has 0 amide bonds. The summed E-state index contributed by atoms with van der Waals surface area (Å²) in [6.07, 6.45) is 0.673. The fourth-order valence-corrected chi connectivity index (χ4v) is 2.69. The van der Waals surface area contributed by atoms with Crippen LogP contribution in [-0.4, -0.2) is 5.84 Å². The van der Waals surface area contributed by atoms with Crippen LogP contribution in [0.4, 0.5) is 5.69 Å². The first-order valence-electron chi connectivity index (χ1n) is 7.10. The normalized spacial score (nSPS) is 15.2. The lowest BCUT2D eigenvalue weighted by Crippen LogP contribution is -2.35. The molecule has 3 heteroatoms. The van der Waals surface area contributed by atoms with Gasteiger partial charge in [-0.2, -0.15) is 5.26 Å². The van der Waals surface area contributed by atoms with E-state index in [9.17, 15) is 0 Å². The lowest BCUT2D eigenvalue weighted by molar-refractivity contribution is 0.914. The predicted molar refractivity (Wildman–Crippen MR) is 84.5 cm³/mol. The molecule has 0 aliphatic carbocycles. The molecule has 3 rings (SSSR count). The van der Waals surface area contributed by atoms with Gasteiger partial charge in [-0.05, 0) is 35.7 Å². The summed E-state index contributed by atoms with van der Waals surface area (Å²) in [5.41, 5.74) is 4.56. The molecule has 1 aliphatic rings. The smallest absolute Gasteiger partial charge is 0.105 e. The van der Waals surface area contributed by atoms with E-state index in [1.165, 1.54) is 11.1 Å². The Kier molecular flexibility index (Phi) is 3.45. The maximum atomic E-state index is 8.96. The van der Waals surface area contributed by atoms with Gasteiger partial charge in [-0.25, -0.2) is 0 Å². The van der Waals surface area contributed by atoms with E-state index in [-0.39, 0.29) is 5.92 Å². The summed E-state index contributed by atoms with van der Waals surface area (Å²) in [6.45, 7) is 2.64. The zero-order valence-corrected chi connectivity index (χ0v) is 12.0. The number of amidine groups is 1. The van der Waals surface area contributed by atoms with Crippen molar-refractivity contribution < 1.29 is 0 Å². The second kappa shape index (κ2) is 5.41. The Bertz CT molecular complexity index is 710. The topological polar surface area (TPSA) is 50.9 Å². The highest BCUT2D eigenvalue weighted by atomic mass is 15.2. The number of fused-ring (bicyclic) bond motifs is 1. The van der Waals surface area contributed by atoms with Crippen molar-refractivity contribution in [3.05, 3.63) is 65.2 Å². The molecule has 0 saturated heterocycles. The van der Waals surface area contributed by atoms with Crippen molar-refractivity contribution in [2.24, 2.45) is 0 Å². The molecular formula is C18H17N3. The van der Waals surface area contributed by atoms with Crippen molar-refractivity contribution in [2.75, 3.05) is 4.90 Å². The molecule has 0 aromatic heterocycles. The van der Waals surface area contributed by atoms with Crippen molar-refractivity contribution in [1.29, 1.82) is 10.7 Å². The molecule has 104 valence electrons. The summed E-state index contributed by atoms with van der Waals surface area (Å²) < 4.78 is 0. The summed E-state index contributed by atoms with van der Waals surface area (Å²) in [7, 11) is 0. The highest BCUT2D eigenvalue weighted by molar-refractivity contribution is 5.98. The average Bonchev–Trinajstić information content (AvgIpc) is 2.53. The van der Waals surface area contributed by atoms with E-state index in [2.05, 4.69) is 18.2 Å². The zero-order valence-electron chi connectivity index (χ0n) is 12.0. The molecule has 21 heavy (non-hydrogen) atoms. The van der Waals surface area contributed by atoms with Gasteiger partial charge in [0, 0.05) is 18.7 Å². The van der Waals surface area contributed by atoms with Crippen LogP contribution in [0.3, 0.4) is 0 Å². The van der Waals surface area contributed by atoms with Crippen LogP contribution in [0, 0.1) is 16.7 Å². The minimum atomic E-state index is -0.0967. The average molecular weight is 275 g/mol. The van der Waals surface area contributed by atoms with Crippen LogP contribution >= 0.6 is 0 Å². The molecule has 2 aromatic carbocycles. The standard InChI is InChI=1S/C18H17N3/c1-13(11-19)14-6-8-17(9-7-14)21-12-16-5-3-2-4-15(16)10-18(21)20/h2-9,13,20H,10,12H2,1H3/t13-/m1/s1. The van der Waals surface area contributed by atoms with Crippen LogP contribution in [0.1, 0.15) is 29.5 Å². The number of nitriles is 1. The SMILES string of the molecule is C[C@H](C#N)c1ccc(N2Cc3ccccc3CC2=N)cc1. The third-order valence-electron chi connectivity index (χ3n) is 4.03. The molecule has 2 aromatic rings. The van der Waals surface area contributed by atoms with Gasteiger partial charge in [0.1, 0.15) is 5.84 Å². The van der Waals surface area contributed by atoms with E-state index in [0.29, 0.717) is 12.3 Å². The van der Waals surface area contributed by atoms with Crippen LogP contribution in [0.15, 0.2) is 48.5 Å². The van der Waals surface area contributed by atoms with Crippen molar-refractivity contribution in [2.45, 2.75) is 25.8 Å². The Hall–Kier alpha value is -2.60. The third kappa shape index (κ3) is 2.53. The molecule has 3 nitrogen and oxygen atoms in total. The van der Waals surface area contributed by atoms with Gasteiger partial charge in [-0.1, -0.05) is 36.4 Å². The highest BCUT2D eigenvalue weighted by Crippen LogP contribution is 2.26. The highest BCUT2D eigenvalue weighted by Gasteiger charge is 2.21. The molecule has 0 unspecified atom stereocenters. The van der Waals surface area contributed by atoms with E-state index in [4.69, 9.17) is 10.7 Å². The molecule has 0 bridgehead atoms. The number of hydrogen-bond acceptors (Lipinski definition) is 2. The van der Waals surface area contributed by atoms with E-state index >= 15 is 0 Å². The van der Waals surface area contributed by atoms with Gasteiger partial charge in [0.2, 0.25) is 0 Å². The summed E-state index contributed by atoms with van der Waals surface area (Å²) >= 11 is 0. The molecule has 0 radical (unpaired) electrons. The summed E-state index contributed by atoms with van der Waals surface area (Å²) in [6, 6.07) is 18.5. The van der Waals surface area contributed by atoms with Gasteiger partial charge >= 0.3 is 0 Å². The number of benzene rings is 2. The second-order valence-corrected chi connectivity index (χ2v) is 5.42.